The van der Waals surface area contributed by atoms with Gasteiger partial charge >= 0.3 is 11.9 Å². The first-order valence-electron chi connectivity index (χ1n) is 8.14. The van der Waals surface area contributed by atoms with Gasteiger partial charge in [-0.1, -0.05) is 0 Å². The number of rotatable bonds is 12. The van der Waals surface area contributed by atoms with E-state index in [2.05, 4.69) is 0 Å². The third-order valence-electron chi connectivity index (χ3n) is 3.73. The monoisotopic (exact) mass is 368 g/mol. The SMILES string of the molecule is CC(C)(CCCCl)C(=O)OCCCOC(=O)C(C)(C)CCCCl. The topological polar surface area (TPSA) is 52.6 Å². The third kappa shape index (κ3) is 9.41. The fraction of sp³-hybridized carbons (Fsp3) is 0.882. The molecule has 0 radical (unpaired) electrons. The van der Waals surface area contributed by atoms with Crippen LogP contribution in [-0.4, -0.2) is 36.9 Å². The van der Waals surface area contributed by atoms with Crippen molar-refractivity contribution in [2.45, 2.75) is 59.8 Å². The molecule has 136 valence electrons. The predicted octanol–water partition coefficient (Wildman–Crippen LogP) is 4.55. The van der Waals surface area contributed by atoms with Crippen LogP contribution < -0.4 is 0 Å². The summed E-state index contributed by atoms with van der Waals surface area (Å²) < 4.78 is 10.5. The van der Waals surface area contributed by atoms with E-state index in [1.54, 1.807) is 0 Å². The van der Waals surface area contributed by atoms with Crippen LogP contribution in [0.4, 0.5) is 0 Å². The highest BCUT2D eigenvalue weighted by atomic mass is 35.5. The Hall–Kier alpha value is -0.480. The van der Waals surface area contributed by atoms with Gasteiger partial charge in [-0.2, -0.15) is 0 Å². The smallest absolute Gasteiger partial charge is 0.311 e. The Morgan fingerprint density at radius 2 is 1.09 bits per heavy atom. The van der Waals surface area contributed by atoms with Gasteiger partial charge in [-0.3, -0.25) is 9.59 Å². The van der Waals surface area contributed by atoms with Crippen LogP contribution in [0.2, 0.25) is 0 Å². The highest BCUT2D eigenvalue weighted by Crippen LogP contribution is 2.25. The van der Waals surface area contributed by atoms with E-state index >= 15 is 0 Å². The molecule has 0 aliphatic carbocycles. The Bertz CT molecular complexity index is 334. The summed E-state index contributed by atoms with van der Waals surface area (Å²) in [6, 6.07) is 0. The molecule has 0 aliphatic rings. The number of ether oxygens (including phenoxy) is 2. The van der Waals surface area contributed by atoms with Gasteiger partial charge in [-0.15, -0.1) is 23.2 Å². The molecule has 0 aromatic carbocycles. The van der Waals surface area contributed by atoms with Crippen LogP contribution >= 0.6 is 23.2 Å². The molecule has 0 bridgehead atoms. The molecule has 0 rings (SSSR count). The Balaban J connectivity index is 3.96. The van der Waals surface area contributed by atoms with Gasteiger partial charge < -0.3 is 9.47 Å². The Kier molecular flexibility index (Phi) is 10.9. The van der Waals surface area contributed by atoms with Crippen LogP contribution in [-0.2, 0) is 19.1 Å². The molecule has 0 aliphatic heterocycles. The molecule has 0 spiro atoms. The molecule has 0 saturated heterocycles. The summed E-state index contributed by atoms with van der Waals surface area (Å²) in [7, 11) is 0. The molecule has 0 N–H and O–H groups in total. The van der Waals surface area contributed by atoms with Crippen LogP contribution in [0.25, 0.3) is 0 Å². The van der Waals surface area contributed by atoms with E-state index in [0.29, 0.717) is 31.0 Å². The Morgan fingerprint density at radius 3 is 1.39 bits per heavy atom. The van der Waals surface area contributed by atoms with Crippen LogP contribution in [0, 0.1) is 10.8 Å². The van der Waals surface area contributed by atoms with Crippen molar-refractivity contribution in [3.63, 3.8) is 0 Å². The molecule has 4 nitrogen and oxygen atoms in total. The standard InChI is InChI=1S/C17H30Cl2O4/c1-16(2,8-5-10-18)14(20)22-12-7-13-23-15(21)17(3,4)9-6-11-19/h5-13H2,1-4H3. The molecular formula is C17H30Cl2O4. The van der Waals surface area contributed by atoms with Crippen LogP contribution in [0.3, 0.4) is 0 Å². The van der Waals surface area contributed by atoms with E-state index in [0.717, 1.165) is 12.8 Å². The zero-order valence-corrected chi connectivity index (χ0v) is 16.3. The lowest BCUT2D eigenvalue weighted by atomic mass is 9.88. The molecule has 0 aromatic rings. The second-order valence-corrected chi connectivity index (χ2v) is 7.73. The van der Waals surface area contributed by atoms with Gasteiger partial charge in [0.25, 0.3) is 0 Å². The van der Waals surface area contributed by atoms with Crippen molar-refractivity contribution in [2.75, 3.05) is 25.0 Å². The van der Waals surface area contributed by atoms with Gasteiger partial charge in [-0.05, 0) is 53.4 Å². The van der Waals surface area contributed by atoms with E-state index in [1.807, 2.05) is 27.7 Å². The second-order valence-electron chi connectivity index (χ2n) is 6.98. The van der Waals surface area contributed by atoms with Gasteiger partial charge in [0.2, 0.25) is 0 Å². The van der Waals surface area contributed by atoms with Gasteiger partial charge in [0, 0.05) is 18.2 Å². The van der Waals surface area contributed by atoms with Crippen molar-refractivity contribution in [3.8, 4) is 0 Å². The first-order chi connectivity index (χ1) is 10.7. The predicted molar refractivity (Wildman–Crippen MR) is 94.0 cm³/mol. The van der Waals surface area contributed by atoms with E-state index < -0.39 is 10.8 Å². The summed E-state index contributed by atoms with van der Waals surface area (Å²) in [5.74, 6) is 0.589. The molecule has 0 amide bonds. The number of halogens is 2. The van der Waals surface area contributed by atoms with Crippen LogP contribution in [0.15, 0.2) is 0 Å². The summed E-state index contributed by atoms with van der Waals surface area (Å²) >= 11 is 11.3. The Labute approximate surface area is 150 Å². The van der Waals surface area contributed by atoms with E-state index in [-0.39, 0.29) is 25.2 Å². The minimum atomic E-state index is -0.533. The summed E-state index contributed by atoms with van der Waals surface area (Å²) in [6.07, 6.45) is 3.43. The zero-order valence-electron chi connectivity index (χ0n) is 14.8. The molecule has 0 fully saturated rings. The lowest BCUT2D eigenvalue weighted by Crippen LogP contribution is -2.28. The summed E-state index contributed by atoms with van der Waals surface area (Å²) in [5.41, 5.74) is -1.07. The van der Waals surface area contributed by atoms with E-state index in [4.69, 9.17) is 32.7 Å². The molecule has 0 heterocycles. The van der Waals surface area contributed by atoms with Gasteiger partial charge in [-0.25, -0.2) is 0 Å². The van der Waals surface area contributed by atoms with E-state index in [9.17, 15) is 9.59 Å². The number of carbonyl (C=O) groups excluding carboxylic acids is 2. The molecule has 0 atom stereocenters. The fourth-order valence-electron chi connectivity index (χ4n) is 2.00. The van der Waals surface area contributed by atoms with Crippen molar-refractivity contribution in [1.29, 1.82) is 0 Å². The maximum Gasteiger partial charge on any atom is 0.311 e. The summed E-state index contributed by atoms with van der Waals surface area (Å²) in [4.78, 5) is 23.9. The third-order valence-corrected chi connectivity index (χ3v) is 4.27. The molecule has 0 unspecified atom stereocenters. The van der Waals surface area contributed by atoms with Crippen LogP contribution in [0.5, 0.6) is 0 Å². The van der Waals surface area contributed by atoms with Crippen molar-refractivity contribution >= 4 is 35.1 Å². The molecule has 0 saturated carbocycles. The normalized spacial score (nSPS) is 12.1. The minimum absolute atomic E-state index is 0.239. The largest absolute Gasteiger partial charge is 0.465 e. The van der Waals surface area contributed by atoms with Crippen molar-refractivity contribution in [1.82, 2.24) is 0 Å². The fourth-order valence-corrected chi connectivity index (χ4v) is 2.27. The molecular weight excluding hydrogens is 339 g/mol. The molecule has 0 aromatic heterocycles. The first kappa shape index (κ1) is 22.5. The van der Waals surface area contributed by atoms with Gasteiger partial charge in [0.1, 0.15) is 0 Å². The summed E-state index contributed by atoms with van der Waals surface area (Å²) in [6.45, 7) is 7.89. The highest BCUT2D eigenvalue weighted by Gasteiger charge is 2.29. The number of hydrogen-bond acceptors (Lipinski definition) is 4. The van der Waals surface area contributed by atoms with Gasteiger partial charge in [0.15, 0.2) is 0 Å². The number of carbonyl (C=O) groups is 2. The number of hydrogen-bond donors (Lipinski definition) is 0. The van der Waals surface area contributed by atoms with Crippen molar-refractivity contribution < 1.29 is 19.1 Å². The first-order valence-corrected chi connectivity index (χ1v) is 9.20. The summed E-state index contributed by atoms with van der Waals surface area (Å²) in [5, 5.41) is 0. The minimum Gasteiger partial charge on any atom is -0.465 e. The highest BCUT2D eigenvalue weighted by molar-refractivity contribution is 6.18. The van der Waals surface area contributed by atoms with Crippen molar-refractivity contribution in [2.24, 2.45) is 10.8 Å². The number of esters is 2. The average molecular weight is 369 g/mol. The lowest BCUT2D eigenvalue weighted by molar-refractivity contribution is -0.157. The van der Waals surface area contributed by atoms with Crippen molar-refractivity contribution in [3.05, 3.63) is 0 Å². The lowest BCUT2D eigenvalue weighted by Gasteiger charge is -2.23. The molecule has 23 heavy (non-hydrogen) atoms. The maximum atomic E-state index is 12.0. The quantitative estimate of drug-likeness (QED) is 0.288. The van der Waals surface area contributed by atoms with E-state index in [1.165, 1.54) is 0 Å². The van der Waals surface area contributed by atoms with Crippen LogP contribution in [0.1, 0.15) is 59.8 Å². The maximum absolute atomic E-state index is 12.0. The number of alkyl halides is 2. The Morgan fingerprint density at radius 1 is 0.739 bits per heavy atom. The second kappa shape index (κ2) is 11.1. The molecule has 6 heteroatoms. The zero-order chi connectivity index (χ0) is 17.9. The average Bonchev–Trinajstić information content (AvgIpc) is 2.50. The van der Waals surface area contributed by atoms with Gasteiger partial charge in [0.05, 0.1) is 24.0 Å².